The Morgan fingerprint density at radius 3 is 2.39 bits per heavy atom. The molecule has 3 rings (SSSR count). The number of aryl methyl sites for hydroxylation is 2. The number of rotatable bonds is 4. The maximum Gasteiger partial charge on any atom is 0.255 e. The summed E-state index contributed by atoms with van der Waals surface area (Å²) in [5.74, 6) is -1.43. The first-order chi connectivity index (χ1) is 13.3. The Hall–Kier alpha value is -2.99. The smallest absolute Gasteiger partial charge is 0.255 e. The molecule has 0 atom stereocenters. The normalized spacial score (nSPS) is 11.7. The molecule has 7 heteroatoms. The fourth-order valence-corrected chi connectivity index (χ4v) is 3.48. The highest BCUT2D eigenvalue weighted by Gasteiger charge is 2.14. The van der Waals surface area contributed by atoms with E-state index in [0.29, 0.717) is 16.3 Å². The lowest BCUT2D eigenvalue weighted by molar-refractivity contribution is 0.318. The second kappa shape index (κ2) is 7.94. The number of hydrogen-bond acceptors (Lipinski definition) is 3. The highest BCUT2D eigenvalue weighted by Crippen LogP contribution is 2.23. The summed E-state index contributed by atoms with van der Waals surface area (Å²) in [6, 6.07) is 9.53. The van der Waals surface area contributed by atoms with E-state index in [2.05, 4.69) is 5.16 Å². The molecule has 1 N–H and O–H groups in total. The minimum Gasteiger partial charge on any atom is -0.411 e. The number of benzene rings is 2. The van der Waals surface area contributed by atoms with Gasteiger partial charge < -0.3 is 5.21 Å². The predicted octanol–water partition coefficient (Wildman–Crippen LogP) is 4.81. The lowest BCUT2D eigenvalue weighted by Gasteiger charge is -2.15. The van der Waals surface area contributed by atoms with Crippen LogP contribution in [0.25, 0.3) is 5.69 Å². The molecule has 0 amide bonds. The highest BCUT2D eigenvalue weighted by atomic mass is 35.5. The van der Waals surface area contributed by atoms with Crippen molar-refractivity contribution in [2.75, 3.05) is 0 Å². The Labute approximate surface area is 165 Å². The average Bonchev–Trinajstić information content (AvgIpc) is 2.62. The average molecular weight is 403 g/mol. The monoisotopic (exact) mass is 402 g/mol. The number of aromatic nitrogens is 1. The van der Waals surface area contributed by atoms with E-state index in [1.165, 1.54) is 29.0 Å². The molecule has 28 heavy (non-hydrogen) atoms. The zero-order valence-corrected chi connectivity index (χ0v) is 16.0. The van der Waals surface area contributed by atoms with Crippen LogP contribution in [0.4, 0.5) is 8.78 Å². The van der Waals surface area contributed by atoms with Crippen LogP contribution in [0, 0.1) is 25.5 Å². The minimum atomic E-state index is -0.737. The fraction of sp³-hybridized carbons (Fsp3) is 0.143. The molecule has 1 heterocycles. The van der Waals surface area contributed by atoms with Crippen LogP contribution in [0.15, 0.2) is 58.6 Å². The third-order valence-corrected chi connectivity index (χ3v) is 4.65. The lowest BCUT2D eigenvalue weighted by atomic mass is 10.0. The quantitative estimate of drug-likeness (QED) is 0.387. The first kappa shape index (κ1) is 19.8. The molecule has 0 radical (unpaired) electrons. The number of halogens is 3. The van der Waals surface area contributed by atoms with Crippen molar-refractivity contribution in [3.63, 3.8) is 0 Å². The van der Waals surface area contributed by atoms with E-state index in [4.69, 9.17) is 11.6 Å². The molecule has 0 bridgehead atoms. The van der Waals surface area contributed by atoms with Crippen molar-refractivity contribution in [2.45, 2.75) is 20.3 Å². The zero-order valence-electron chi connectivity index (χ0n) is 15.2. The van der Waals surface area contributed by atoms with E-state index in [-0.39, 0.29) is 23.3 Å². The molecule has 0 unspecified atom stereocenters. The van der Waals surface area contributed by atoms with E-state index < -0.39 is 11.6 Å². The van der Waals surface area contributed by atoms with Gasteiger partial charge in [0.05, 0.1) is 11.4 Å². The van der Waals surface area contributed by atoms with Crippen molar-refractivity contribution in [3.8, 4) is 5.69 Å². The number of pyridine rings is 1. The SMILES string of the molecule is Cc1cc(Cl)cc(C)c1-n1cc(/C(Cc2ccc(F)cc2F)=N\O)ccc1=O. The van der Waals surface area contributed by atoms with E-state index in [0.717, 1.165) is 23.3 Å². The van der Waals surface area contributed by atoms with Gasteiger partial charge >= 0.3 is 0 Å². The van der Waals surface area contributed by atoms with Crippen molar-refractivity contribution in [3.05, 3.63) is 97.9 Å². The Morgan fingerprint density at radius 2 is 1.79 bits per heavy atom. The van der Waals surface area contributed by atoms with E-state index in [9.17, 15) is 18.8 Å². The number of oxime groups is 1. The Kier molecular flexibility index (Phi) is 5.61. The maximum absolute atomic E-state index is 14.0. The number of hydrogen-bond donors (Lipinski definition) is 1. The molecule has 1 aromatic heterocycles. The number of nitrogens with zero attached hydrogens (tertiary/aromatic N) is 2. The van der Waals surface area contributed by atoms with Crippen LogP contribution in [-0.2, 0) is 6.42 Å². The summed E-state index contributed by atoms with van der Waals surface area (Å²) in [4.78, 5) is 12.4. The van der Waals surface area contributed by atoms with Crippen LogP contribution >= 0.6 is 11.6 Å². The molecular formula is C21H17ClF2N2O2. The summed E-state index contributed by atoms with van der Waals surface area (Å²) in [6.45, 7) is 3.67. The van der Waals surface area contributed by atoms with Crippen molar-refractivity contribution >= 4 is 17.3 Å². The third kappa shape index (κ3) is 3.97. The van der Waals surface area contributed by atoms with Crippen molar-refractivity contribution in [1.29, 1.82) is 0 Å². The molecule has 0 fully saturated rings. The zero-order chi connectivity index (χ0) is 20.4. The van der Waals surface area contributed by atoms with Crippen LogP contribution in [0.3, 0.4) is 0 Å². The molecular weight excluding hydrogens is 386 g/mol. The first-order valence-electron chi connectivity index (χ1n) is 8.45. The molecule has 0 aliphatic carbocycles. The van der Waals surface area contributed by atoms with Crippen molar-refractivity contribution in [2.24, 2.45) is 5.16 Å². The van der Waals surface area contributed by atoms with Gasteiger partial charge in [0.25, 0.3) is 5.56 Å². The summed E-state index contributed by atoms with van der Waals surface area (Å²) in [6.07, 6.45) is 1.46. The summed E-state index contributed by atoms with van der Waals surface area (Å²) < 4.78 is 28.5. The topological polar surface area (TPSA) is 54.6 Å². The second-order valence-electron chi connectivity index (χ2n) is 6.47. The minimum absolute atomic E-state index is 0.0700. The molecule has 4 nitrogen and oxygen atoms in total. The summed E-state index contributed by atoms with van der Waals surface area (Å²) in [5.41, 5.74) is 2.74. The van der Waals surface area contributed by atoms with Gasteiger partial charge in [0.1, 0.15) is 11.6 Å². The van der Waals surface area contributed by atoms with Gasteiger partial charge in [0, 0.05) is 35.3 Å². The van der Waals surface area contributed by atoms with Crippen molar-refractivity contribution in [1.82, 2.24) is 4.57 Å². The Bertz CT molecular complexity index is 1120. The van der Waals surface area contributed by atoms with Gasteiger partial charge in [-0.3, -0.25) is 9.36 Å². The van der Waals surface area contributed by atoms with Gasteiger partial charge in [-0.25, -0.2) is 8.78 Å². The van der Waals surface area contributed by atoms with Crippen LogP contribution < -0.4 is 5.56 Å². The van der Waals surface area contributed by atoms with Crippen LogP contribution in [0.1, 0.15) is 22.3 Å². The fourth-order valence-electron chi connectivity index (χ4n) is 3.16. The maximum atomic E-state index is 14.0. The van der Waals surface area contributed by atoms with E-state index >= 15 is 0 Å². The van der Waals surface area contributed by atoms with Crippen molar-refractivity contribution < 1.29 is 14.0 Å². The summed E-state index contributed by atoms with van der Waals surface area (Å²) >= 11 is 6.07. The van der Waals surface area contributed by atoms with E-state index in [1.807, 2.05) is 13.8 Å². The van der Waals surface area contributed by atoms with Gasteiger partial charge in [0.2, 0.25) is 0 Å². The Morgan fingerprint density at radius 1 is 1.11 bits per heavy atom. The van der Waals surface area contributed by atoms with Gasteiger partial charge in [0.15, 0.2) is 0 Å². The van der Waals surface area contributed by atoms with Gasteiger partial charge in [-0.2, -0.15) is 0 Å². The summed E-state index contributed by atoms with van der Waals surface area (Å²) in [5, 5.41) is 13.3. The molecule has 3 aromatic rings. The molecule has 0 saturated carbocycles. The molecule has 2 aromatic carbocycles. The van der Waals surface area contributed by atoms with Crippen LogP contribution in [0.2, 0.25) is 5.02 Å². The highest BCUT2D eigenvalue weighted by molar-refractivity contribution is 6.30. The second-order valence-corrected chi connectivity index (χ2v) is 6.91. The molecule has 144 valence electrons. The summed E-state index contributed by atoms with van der Waals surface area (Å²) in [7, 11) is 0. The molecule has 0 aliphatic rings. The molecule has 0 saturated heterocycles. The van der Waals surface area contributed by atoms with Gasteiger partial charge in [-0.15, -0.1) is 0 Å². The predicted molar refractivity (Wildman–Crippen MR) is 105 cm³/mol. The third-order valence-electron chi connectivity index (χ3n) is 4.43. The largest absolute Gasteiger partial charge is 0.411 e. The molecule has 0 aliphatic heterocycles. The lowest BCUT2D eigenvalue weighted by Crippen LogP contribution is -2.21. The van der Waals surface area contributed by atoms with Gasteiger partial charge in [-0.1, -0.05) is 22.8 Å². The van der Waals surface area contributed by atoms with Gasteiger partial charge in [-0.05, 0) is 54.8 Å². The molecule has 0 spiro atoms. The first-order valence-corrected chi connectivity index (χ1v) is 8.83. The van der Waals surface area contributed by atoms with E-state index in [1.54, 1.807) is 12.1 Å². The standard InChI is InChI=1S/C21H17ClF2N2O2/c1-12-7-16(22)8-13(2)21(12)26-11-15(4-6-20(26)27)19(25-28)9-14-3-5-17(23)10-18(14)24/h3-8,10-11,28H,9H2,1-2H3/b25-19-. The van der Waals surface area contributed by atoms with Crippen LogP contribution in [0.5, 0.6) is 0 Å². The van der Waals surface area contributed by atoms with Crippen LogP contribution in [-0.4, -0.2) is 15.5 Å². The Balaban J connectivity index is 2.06.